The predicted molar refractivity (Wildman–Crippen MR) is 85.4 cm³/mol. The van der Waals surface area contributed by atoms with Crippen molar-refractivity contribution in [2.75, 3.05) is 0 Å². The molecule has 0 amide bonds. The molecule has 106 valence electrons. The molecule has 0 bridgehead atoms. The van der Waals surface area contributed by atoms with Gasteiger partial charge in [-0.15, -0.1) is 11.3 Å². The normalized spacial score (nSPS) is 16.6. The van der Waals surface area contributed by atoms with Crippen LogP contribution in [0.25, 0.3) is 0 Å². The molecule has 1 atom stereocenters. The van der Waals surface area contributed by atoms with E-state index in [0.29, 0.717) is 12.0 Å². The Morgan fingerprint density at radius 1 is 1.15 bits per heavy atom. The van der Waals surface area contributed by atoms with Gasteiger partial charge in [-0.25, -0.2) is 4.98 Å². The quantitative estimate of drug-likeness (QED) is 0.880. The lowest BCUT2D eigenvalue weighted by molar-refractivity contribution is 0.597. The summed E-state index contributed by atoms with van der Waals surface area (Å²) in [7, 11) is 0. The highest BCUT2D eigenvalue weighted by atomic mass is 32.1. The number of hydrogen-bond acceptors (Lipinski definition) is 3. The topological polar surface area (TPSA) is 24.9 Å². The van der Waals surface area contributed by atoms with Gasteiger partial charge in [0.1, 0.15) is 5.01 Å². The van der Waals surface area contributed by atoms with E-state index < -0.39 is 0 Å². The van der Waals surface area contributed by atoms with Crippen LogP contribution >= 0.6 is 11.3 Å². The third kappa shape index (κ3) is 3.10. The van der Waals surface area contributed by atoms with Crippen molar-refractivity contribution in [1.82, 2.24) is 10.3 Å². The van der Waals surface area contributed by atoms with Gasteiger partial charge in [-0.3, -0.25) is 0 Å². The number of aryl methyl sites for hydroxylation is 1. The Kier molecular flexibility index (Phi) is 3.90. The highest BCUT2D eigenvalue weighted by Gasteiger charge is 2.27. The highest BCUT2D eigenvalue weighted by Crippen LogP contribution is 2.31. The summed E-state index contributed by atoms with van der Waals surface area (Å²) in [5.74, 6) is 0.584. The lowest BCUT2D eigenvalue weighted by Crippen LogP contribution is -2.24. The molecule has 0 saturated heterocycles. The summed E-state index contributed by atoms with van der Waals surface area (Å²) in [6.45, 7) is 6.54. The Bertz CT molecular complexity index is 567. The fourth-order valence-electron chi connectivity index (χ4n) is 2.37. The molecule has 2 nitrogen and oxygen atoms in total. The molecular formula is C17H22N2S. The summed E-state index contributed by atoms with van der Waals surface area (Å²) in [6.07, 6.45) is 2.59. The van der Waals surface area contributed by atoms with Crippen LogP contribution in [-0.4, -0.2) is 11.0 Å². The van der Waals surface area contributed by atoms with Crippen LogP contribution < -0.4 is 5.32 Å². The Hall–Kier alpha value is -1.19. The molecule has 1 fully saturated rings. The smallest absolute Gasteiger partial charge is 0.114 e. The largest absolute Gasteiger partial charge is 0.301 e. The minimum absolute atomic E-state index is 0.252. The molecule has 1 aromatic heterocycles. The van der Waals surface area contributed by atoms with Gasteiger partial charge < -0.3 is 5.32 Å². The summed E-state index contributed by atoms with van der Waals surface area (Å²) in [4.78, 5) is 4.68. The van der Waals surface area contributed by atoms with E-state index >= 15 is 0 Å². The first-order valence-electron chi connectivity index (χ1n) is 7.41. The maximum atomic E-state index is 4.68. The molecule has 1 N–H and O–H groups in total. The average Bonchev–Trinajstić information content (AvgIpc) is 3.16. The zero-order valence-corrected chi connectivity index (χ0v) is 13.2. The SMILES string of the molecule is Cc1csc(C(NC2CC2)c2ccc(C(C)C)cc2)n1. The molecular weight excluding hydrogens is 264 g/mol. The van der Waals surface area contributed by atoms with Gasteiger partial charge in [-0.2, -0.15) is 0 Å². The Labute approximate surface area is 125 Å². The summed E-state index contributed by atoms with van der Waals surface area (Å²) < 4.78 is 0. The predicted octanol–water partition coefficient (Wildman–Crippen LogP) is 4.42. The van der Waals surface area contributed by atoms with Crippen LogP contribution in [0.1, 0.15) is 60.5 Å². The summed E-state index contributed by atoms with van der Waals surface area (Å²) >= 11 is 1.76. The summed E-state index contributed by atoms with van der Waals surface area (Å²) in [5, 5.41) is 7.06. The van der Waals surface area contributed by atoms with Crippen LogP contribution in [0.15, 0.2) is 29.6 Å². The molecule has 0 aliphatic heterocycles. The fraction of sp³-hybridized carbons (Fsp3) is 0.471. The molecule has 2 aromatic rings. The zero-order chi connectivity index (χ0) is 14.1. The van der Waals surface area contributed by atoms with E-state index in [-0.39, 0.29) is 6.04 Å². The van der Waals surface area contributed by atoms with Crippen LogP contribution in [0.3, 0.4) is 0 Å². The van der Waals surface area contributed by atoms with Crippen molar-refractivity contribution >= 4 is 11.3 Å². The van der Waals surface area contributed by atoms with Gasteiger partial charge in [0.25, 0.3) is 0 Å². The van der Waals surface area contributed by atoms with E-state index in [1.807, 2.05) is 0 Å². The molecule has 0 radical (unpaired) electrons. The fourth-order valence-corrected chi connectivity index (χ4v) is 3.25. The Balaban J connectivity index is 1.87. The molecule has 1 saturated carbocycles. The second-order valence-corrected chi connectivity index (χ2v) is 6.91. The van der Waals surface area contributed by atoms with Crippen molar-refractivity contribution in [3.05, 3.63) is 51.5 Å². The first-order chi connectivity index (χ1) is 9.63. The number of benzene rings is 1. The lowest BCUT2D eigenvalue weighted by Gasteiger charge is -2.17. The van der Waals surface area contributed by atoms with Gasteiger partial charge in [0.05, 0.1) is 6.04 Å². The molecule has 3 rings (SSSR count). The van der Waals surface area contributed by atoms with Gasteiger partial charge >= 0.3 is 0 Å². The van der Waals surface area contributed by atoms with Crippen LogP contribution in [0.5, 0.6) is 0 Å². The molecule has 1 unspecified atom stereocenters. The van der Waals surface area contributed by atoms with Crippen molar-refractivity contribution in [1.29, 1.82) is 0 Å². The minimum Gasteiger partial charge on any atom is -0.301 e. The van der Waals surface area contributed by atoms with E-state index in [1.54, 1.807) is 11.3 Å². The van der Waals surface area contributed by atoms with E-state index in [0.717, 1.165) is 5.69 Å². The summed E-state index contributed by atoms with van der Waals surface area (Å²) in [5.41, 5.74) is 3.84. The first-order valence-corrected chi connectivity index (χ1v) is 8.29. The monoisotopic (exact) mass is 286 g/mol. The van der Waals surface area contributed by atoms with Crippen LogP contribution in [0.4, 0.5) is 0 Å². The molecule has 20 heavy (non-hydrogen) atoms. The van der Waals surface area contributed by atoms with Crippen molar-refractivity contribution in [2.45, 2.75) is 51.6 Å². The zero-order valence-electron chi connectivity index (χ0n) is 12.4. The number of rotatable bonds is 5. The van der Waals surface area contributed by atoms with Gasteiger partial charge in [0.15, 0.2) is 0 Å². The van der Waals surface area contributed by atoms with Gasteiger partial charge in [0, 0.05) is 17.1 Å². The number of nitrogens with zero attached hydrogens (tertiary/aromatic N) is 1. The number of nitrogens with one attached hydrogen (secondary N) is 1. The second-order valence-electron chi connectivity index (χ2n) is 6.02. The molecule has 3 heteroatoms. The van der Waals surface area contributed by atoms with E-state index in [4.69, 9.17) is 0 Å². The van der Waals surface area contributed by atoms with E-state index in [1.165, 1.54) is 29.0 Å². The third-order valence-corrected chi connectivity index (χ3v) is 4.83. The van der Waals surface area contributed by atoms with Crippen LogP contribution in [0, 0.1) is 6.92 Å². The van der Waals surface area contributed by atoms with Crippen molar-refractivity contribution in [3.63, 3.8) is 0 Å². The van der Waals surface area contributed by atoms with Gasteiger partial charge in [-0.1, -0.05) is 38.1 Å². The van der Waals surface area contributed by atoms with Crippen molar-refractivity contribution in [3.8, 4) is 0 Å². The molecule has 1 aliphatic carbocycles. The van der Waals surface area contributed by atoms with Gasteiger partial charge in [-0.05, 0) is 36.8 Å². The van der Waals surface area contributed by atoms with Crippen LogP contribution in [0.2, 0.25) is 0 Å². The third-order valence-electron chi connectivity index (χ3n) is 3.80. The van der Waals surface area contributed by atoms with Crippen molar-refractivity contribution < 1.29 is 0 Å². The van der Waals surface area contributed by atoms with Crippen LogP contribution in [-0.2, 0) is 0 Å². The number of aromatic nitrogens is 1. The van der Waals surface area contributed by atoms with E-state index in [2.05, 4.69) is 60.7 Å². The van der Waals surface area contributed by atoms with E-state index in [9.17, 15) is 0 Å². The number of thiazole rings is 1. The average molecular weight is 286 g/mol. The standard InChI is InChI=1S/C17H22N2S/c1-11(2)13-4-6-14(7-5-13)16(19-15-8-9-15)17-18-12(3)10-20-17/h4-7,10-11,15-16,19H,8-9H2,1-3H3. The maximum Gasteiger partial charge on any atom is 0.114 e. The molecule has 1 aromatic carbocycles. The number of hydrogen-bond donors (Lipinski definition) is 1. The lowest BCUT2D eigenvalue weighted by atomic mass is 9.99. The Morgan fingerprint density at radius 3 is 2.30 bits per heavy atom. The molecule has 1 aliphatic rings. The van der Waals surface area contributed by atoms with Gasteiger partial charge in [0.2, 0.25) is 0 Å². The molecule has 0 spiro atoms. The molecule has 1 heterocycles. The second kappa shape index (κ2) is 5.66. The Morgan fingerprint density at radius 2 is 1.80 bits per heavy atom. The highest BCUT2D eigenvalue weighted by molar-refractivity contribution is 7.09. The summed E-state index contributed by atoms with van der Waals surface area (Å²) in [6, 6.07) is 9.94. The first kappa shape index (κ1) is 13.8. The minimum atomic E-state index is 0.252. The maximum absolute atomic E-state index is 4.68. The van der Waals surface area contributed by atoms with Crippen molar-refractivity contribution in [2.24, 2.45) is 0 Å².